The molecule has 2 aliphatic rings. The molecular formula is C20H22ClN3. The lowest BCUT2D eigenvalue weighted by atomic mass is 9.97. The Kier molecular flexibility index (Phi) is 4.11. The molecule has 0 amide bonds. The van der Waals surface area contributed by atoms with Crippen molar-refractivity contribution in [2.45, 2.75) is 5.92 Å². The van der Waals surface area contributed by atoms with Gasteiger partial charge in [0.15, 0.2) is 0 Å². The van der Waals surface area contributed by atoms with Crippen molar-refractivity contribution in [3.8, 4) is 0 Å². The van der Waals surface area contributed by atoms with Crippen molar-refractivity contribution in [3.05, 3.63) is 71.4 Å². The molecule has 24 heavy (non-hydrogen) atoms. The SMILES string of the molecule is C=C(C1CNc2cc(Cl)ccc21)N1CCN(c2ccccc2)CC1. The molecule has 0 saturated carbocycles. The van der Waals surface area contributed by atoms with E-state index in [1.54, 1.807) is 0 Å². The number of hydrogen-bond acceptors (Lipinski definition) is 3. The van der Waals surface area contributed by atoms with Crippen LogP contribution in [0.2, 0.25) is 5.02 Å². The molecule has 2 aromatic carbocycles. The van der Waals surface area contributed by atoms with Crippen LogP contribution in [0, 0.1) is 0 Å². The van der Waals surface area contributed by atoms with Crippen LogP contribution >= 0.6 is 11.6 Å². The zero-order valence-electron chi connectivity index (χ0n) is 13.7. The van der Waals surface area contributed by atoms with Gasteiger partial charge < -0.3 is 15.1 Å². The summed E-state index contributed by atoms with van der Waals surface area (Å²) in [5, 5.41) is 4.24. The molecule has 1 unspecified atom stereocenters. The highest BCUT2D eigenvalue weighted by molar-refractivity contribution is 6.30. The van der Waals surface area contributed by atoms with E-state index in [0.717, 1.165) is 43.4 Å². The van der Waals surface area contributed by atoms with Crippen LogP contribution in [0.25, 0.3) is 0 Å². The van der Waals surface area contributed by atoms with E-state index in [9.17, 15) is 0 Å². The fourth-order valence-corrected chi connectivity index (χ4v) is 3.89. The van der Waals surface area contributed by atoms with E-state index in [2.05, 4.69) is 58.1 Å². The number of anilines is 2. The quantitative estimate of drug-likeness (QED) is 0.904. The number of hydrogen-bond donors (Lipinski definition) is 1. The normalized spacial score (nSPS) is 19.8. The molecule has 1 N–H and O–H groups in total. The van der Waals surface area contributed by atoms with Gasteiger partial charge in [-0.05, 0) is 29.8 Å². The Morgan fingerprint density at radius 3 is 2.54 bits per heavy atom. The number of piperazine rings is 1. The van der Waals surface area contributed by atoms with Crippen molar-refractivity contribution in [3.63, 3.8) is 0 Å². The average molecular weight is 340 g/mol. The van der Waals surface area contributed by atoms with E-state index >= 15 is 0 Å². The second kappa shape index (κ2) is 6.40. The van der Waals surface area contributed by atoms with Gasteiger partial charge in [0.05, 0.1) is 0 Å². The molecule has 4 heteroatoms. The molecule has 0 aromatic heterocycles. The summed E-state index contributed by atoms with van der Waals surface area (Å²) in [7, 11) is 0. The Balaban J connectivity index is 1.43. The average Bonchev–Trinajstić information content (AvgIpc) is 3.05. The number of benzene rings is 2. The highest BCUT2D eigenvalue weighted by atomic mass is 35.5. The number of nitrogens with zero attached hydrogens (tertiary/aromatic N) is 2. The molecule has 1 atom stereocenters. The third kappa shape index (κ3) is 2.84. The maximum atomic E-state index is 6.10. The van der Waals surface area contributed by atoms with Crippen LogP contribution in [-0.2, 0) is 0 Å². The third-order valence-corrected chi connectivity index (χ3v) is 5.33. The molecule has 1 saturated heterocycles. The molecular weight excluding hydrogens is 318 g/mol. The number of nitrogens with one attached hydrogen (secondary N) is 1. The Hall–Kier alpha value is -2.13. The van der Waals surface area contributed by atoms with Crippen LogP contribution < -0.4 is 10.2 Å². The van der Waals surface area contributed by atoms with Crippen molar-refractivity contribution < 1.29 is 0 Å². The van der Waals surface area contributed by atoms with Gasteiger partial charge in [0.2, 0.25) is 0 Å². The van der Waals surface area contributed by atoms with E-state index in [1.165, 1.54) is 16.9 Å². The predicted octanol–water partition coefficient (Wildman–Crippen LogP) is 4.19. The van der Waals surface area contributed by atoms with Gasteiger partial charge in [-0.3, -0.25) is 0 Å². The molecule has 1 fully saturated rings. The molecule has 4 rings (SSSR count). The van der Waals surface area contributed by atoms with E-state index in [4.69, 9.17) is 11.6 Å². The third-order valence-electron chi connectivity index (χ3n) is 5.10. The summed E-state index contributed by atoms with van der Waals surface area (Å²) >= 11 is 6.10. The number of rotatable bonds is 3. The van der Waals surface area contributed by atoms with Gasteiger partial charge in [-0.1, -0.05) is 42.4 Å². The number of halogens is 1. The lowest BCUT2D eigenvalue weighted by Gasteiger charge is -2.39. The lowest BCUT2D eigenvalue weighted by molar-refractivity contribution is 0.306. The zero-order valence-corrected chi connectivity index (χ0v) is 14.5. The van der Waals surface area contributed by atoms with Gasteiger partial charge in [-0.25, -0.2) is 0 Å². The minimum Gasteiger partial charge on any atom is -0.384 e. The summed E-state index contributed by atoms with van der Waals surface area (Å²) < 4.78 is 0. The lowest BCUT2D eigenvalue weighted by Crippen LogP contribution is -2.46. The van der Waals surface area contributed by atoms with Crippen molar-refractivity contribution in [1.29, 1.82) is 0 Å². The van der Waals surface area contributed by atoms with Gasteiger partial charge >= 0.3 is 0 Å². The first-order valence-corrected chi connectivity index (χ1v) is 8.87. The summed E-state index contributed by atoms with van der Waals surface area (Å²) in [4.78, 5) is 4.89. The number of para-hydroxylation sites is 1. The smallest absolute Gasteiger partial charge is 0.0426 e. The zero-order chi connectivity index (χ0) is 16.5. The summed E-state index contributed by atoms with van der Waals surface area (Å²) in [6.45, 7) is 9.44. The maximum Gasteiger partial charge on any atom is 0.0426 e. The second-order valence-corrected chi connectivity index (χ2v) is 6.90. The minimum absolute atomic E-state index is 0.348. The van der Waals surface area contributed by atoms with Crippen molar-refractivity contribution in [2.75, 3.05) is 42.9 Å². The summed E-state index contributed by atoms with van der Waals surface area (Å²) in [6, 6.07) is 16.8. The maximum absolute atomic E-state index is 6.10. The molecule has 0 aliphatic carbocycles. The highest BCUT2D eigenvalue weighted by Gasteiger charge is 2.29. The van der Waals surface area contributed by atoms with E-state index in [1.807, 2.05) is 12.1 Å². The Morgan fingerprint density at radius 1 is 1.04 bits per heavy atom. The van der Waals surface area contributed by atoms with E-state index in [-0.39, 0.29) is 0 Å². The van der Waals surface area contributed by atoms with Gasteiger partial charge in [0.25, 0.3) is 0 Å². The largest absolute Gasteiger partial charge is 0.384 e. The monoisotopic (exact) mass is 339 g/mol. The standard InChI is InChI=1S/C20H22ClN3/c1-15(19-14-22-20-13-16(21)7-8-18(19)20)23-9-11-24(12-10-23)17-5-3-2-4-6-17/h2-8,13,19,22H,1,9-12,14H2. The molecule has 0 radical (unpaired) electrons. The molecule has 2 aromatic rings. The van der Waals surface area contributed by atoms with Crippen molar-refractivity contribution >= 4 is 23.0 Å². The predicted molar refractivity (Wildman–Crippen MR) is 102 cm³/mol. The molecule has 3 nitrogen and oxygen atoms in total. The molecule has 2 aliphatic heterocycles. The Morgan fingerprint density at radius 2 is 1.79 bits per heavy atom. The van der Waals surface area contributed by atoms with Gasteiger partial charge in [-0.2, -0.15) is 0 Å². The van der Waals surface area contributed by atoms with Gasteiger partial charge in [0.1, 0.15) is 0 Å². The minimum atomic E-state index is 0.348. The summed E-state index contributed by atoms with van der Waals surface area (Å²) in [6.07, 6.45) is 0. The van der Waals surface area contributed by atoms with Crippen molar-refractivity contribution in [1.82, 2.24) is 4.90 Å². The Bertz CT molecular complexity index is 736. The molecule has 2 heterocycles. The molecule has 0 spiro atoms. The fraction of sp³-hybridized carbons (Fsp3) is 0.300. The van der Waals surface area contributed by atoms with Crippen LogP contribution in [0.1, 0.15) is 11.5 Å². The summed E-state index contributed by atoms with van der Waals surface area (Å²) in [5.74, 6) is 0.348. The molecule has 0 bridgehead atoms. The topological polar surface area (TPSA) is 18.5 Å². The van der Waals surface area contributed by atoms with E-state index in [0.29, 0.717) is 5.92 Å². The van der Waals surface area contributed by atoms with Crippen LogP contribution in [0.5, 0.6) is 0 Å². The first-order valence-electron chi connectivity index (χ1n) is 8.49. The van der Waals surface area contributed by atoms with Crippen LogP contribution in [0.15, 0.2) is 60.8 Å². The van der Waals surface area contributed by atoms with Gasteiger partial charge in [0, 0.05) is 60.7 Å². The first-order chi connectivity index (χ1) is 11.7. The summed E-state index contributed by atoms with van der Waals surface area (Å²) in [5.41, 5.74) is 4.99. The van der Waals surface area contributed by atoms with Crippen LogP contribution in [-0.4, -0.2) is 37.6 Å². The first kappa shape index (κ1) is 15.4. The van der Waals surface area contributed by atoms with Crippen LogP contribution in [0.4, 0.5) is 11.4 Å². The van der Waals surface area contributed by atoms with Crippen LogP contribution in [0.3, 0.4) is 0 Å². The second-order valence-electron chi connectivity index (χ2n) is 6.47. The fourth-order valence-electron chi connectivity index (χ4n) is 3.72. The Labute approximate surface area is 148 Å². The van der Waals surface area contributed by atoms with Crippen molar-refractivity contribution in [2.24, 2.45) is 0 Å². The highest BCUT2D eigenvalue weighted by Crippen LogP contribution is 2.38. The number of fused-ring (bicyclic) bond motifs is 1. The van der Waals surface area contributed by atoms with E-state index < -0.39 is 0 Å². The van der Waals surface area contributed by atoms with Gasteiger partial charge in [-0.15, -0.1) is 0 Å². The molecule has 124 valence electrons.